The zero-order valence-electron chi connectivity index (χ0n) is 8.82. The quantitative estimate of drug-likeness (QED) is 0.641. The standard InChI is InChI=1S/C10H18O4/c1-3-13-10(11)8(2)14-9-4-6-12-7-5-9/h8-9H,3-7H2,1-2H3. The molecular weight excluding hydrogens is 184 g/mol. The molecule has 1 atom stereocenters. The Labute approximate surface area is 84.5 Å². The van der Waals surface area contributed by atoms with Gasteiger partial charge in [0, 0.05) is 13.2 Å². The summed E-state index contributed by atoms with van der Waals surface area (Å²) in [4.78, 5) is 11.2. The highest BCUT2D eigenvalue weighted by atomic mass is 16.6. The Kier molecular flexibility index (Phi) is 4.90. The zero-order valence-corrected chi connectivity index (χ0v) is 8.82. The molecule has 0 aromatic heterocycles. The van der Waals surface area contributed by atoms with Gasteiger partial charge in [0.25, 0.3) is 0 Å². The first-order valence-electron chi connectivity index (χ1n) is 5.14. The zero-order chi connectivity index (χ0) is 10.4. The molecule has 1 fully saturated rings. The van der Waals surface area contributed by atoms with Crippen molar-refractivity contribution < 1.29 is 19.0 Å². The molecule has 14 heavy (non-hydrogen) atoms. The number of rotatable bonds is 4. The first-order chi connectivity index (χ1) is 6.74. The fraction of sp³-hybridized carbons (Fsp3) is 0.900. The second-order valence-corrected chi connectivity index (χ2v) is 3.34. The van der Waals surface area contributed by atoms with Crippen molar-refractivity contribution in [2.45, 2.75) is 38.9 Å². The lowest BCUT2D eigenvalue weighted by Gasteiger charge is -2.24. The van der Waals surface area contributed by atoms with Gasteiger partial charge in [0.05, 0.1) is 12.7 Å². The highest BCUT2D eigenvalue weighted by Crippen LogP contribution is 2.13. The normalized spacial score (nSPS) is 20.4. The summed E-state index contributed by atoms with van der Waals surface area (Å²) in [7, 11) is 0. The van der Waals surface area contributed by atoms with E-state index in [4.69, 9.17) is 14.2 Å². The van der Waals surface area contributed by atoms with Crippen molar-refractivity contribution in [3.05, 3.63) is 0 Å². The maximum absolute atomic E-state index is 11.2. The second kappa shape index (κ2) is 5.98. The molecule has 0 aromatic rings. The molecule has 0 aliphatic carbocycles. The minimum Gasteiger partial charge on any atom is -0.464 e. The topological polar surface area (TPSA) is 44.8 Å². The molecule has 0 amide bonds. The Balaban J connectivity index is 2.24. The number of hydrogen-bond donors (Lipinski definition) is 0. The average molecular weight is 202 g/mol. The summed E-state index contributed by atoms with van der Waals surface area (Å²) in [5.74, 6) is -0.279. The van der Waals surface area contributed by atoms with Gasteiger partial charge < -0.3 is 14.2 Å². The van der Waals surface area contributed by atoms with E-state index in [-0.39, 0.29) is 12.1 Å². The summed E-state index contributed by atoms with van der Waals surface area (Å²) in [5, 5.41) is 0. The Bertz CT molecular complexity index is 175. The monoisotopic (exact) mass is 202 g/mol. The molecule has 4 heteroatoms. The van der Waals surface area contributed by atoms with E-state index in [2.05, 4.69) is 0 Å². The summed E-state index contributed by atoms with van der Waals surface area (Å²) in [6.07, 6.45) is 1.41. The molecule has 0 saturated carbocycles. The van der Waals surface area contributed by atoms with Crippen LogP contribution in [0.25, 0.3) is 0 Å². The van der Waals surface area contributed by atoms with Crippen LogP contribution in [0.4, 0.5) is 0 Å². The predicted octanol–water partition coefficient (Wildman–Crippen LogP) is 1.13. The van der Waals surface area contributed by atoms with Crippen LogP contribution in [0.5, 0.6) is 0 Å². The summed E-state index contributed by atoms with van der Waals surface area (Å²) in [6, 6.07) is 0. The molecule has 0 aromatic carbocycles. The first kappa shape index (κ1) is 11.5. The van der Waals surface area contributed by atoms with Gasteiger partial charge in [0.1, 0.15) is 0 Å². The van der Waals surface area contributed by atoms with Crippen LogP contribution >= 0.6 is 0 Å². The van der Waals surface area contributed by atoms with Crippen LogP contribution in [-0.4, -0.2) is 38.0 Å². The Morgan fingerprint density at radius 3 is 2.71 bits per heavy atom. The van der Waals surface area contributed by atoms with E-state index in [1.54, 1.807) is 13.8 Å². The second-order valence-electron chi connectivity index (χ2n) is 3.34. The molecule has 1 heterocycles. The van der Waals surface area contributed by atoms with E-state index < -0.39 is 6.10 Å². The molecule has 4 nitrogen and oxygen atoms in total. The first-order valence-corrected chi connectivity index (χ1v) is 5.14. The van der Waals surface area contributed by atoms with E-state index in [0.717, 1.165) is 26.1 Å². The lowest BCUT2D eigenvalue weighted by atomic mass is 10.1. The lowest BCUT2D eigenvalue weighted by Crippen LogP contribution is -2.32. The minimum atomic E-state index is -0.460. The van der Waals surface area contributed by atoms with Crippen molar-refractivity contribution in [3.8, 4) is 0 Å². The number of ether oxygens (including phenoxy) is 3. The van der Waals surface area contributed by atoms with Crippen molar-refractivity contribution in [1.82, 2.24) is 0 Å². The van der Waals surface area contributed by atoms with Crippen molar-refractivity contribution in [1.29, 1.82) is 0 Å². The van der Waals surface area contributed by atoms with Crippen LogP contribution in [0.1, 0.15) is 26.7 Å². The molecular formula is C10H18O4. The maximum Gasteiger partial charge on any atom is 0.334 e. The number of carbonyl (C=O) groups excluding carboxylic acids is 1. The average Bonchev–Trinajstić information content (AvgIpc) is 2.19. The van der Waals surface area contributed by atoms with Crippen LogP contribution < -0.4 is 0 Å². The largest absolute Gasteiger partial charge is 0.464 e. The molecule has 0 N–H and O–H groups in total. The lowest BCUT2D eigenvalue weighted by molar-refractivity contribution is -0.162. The van der Waals surface area contributed by atoms with Gasteiger partial charge in [-0.25, -0.2) is 4.79 Å². The summed E-state index contributed by atoms with van der Waals surface area (Å²) < 4.78 is 15.6. The van der Waals surface area contributed by atoms with Crippen LogP contribution in [0, 0.1) is 0 Å². The van der Waals surface area contributed by atoms with Crippen molar-refractivity contribution in [2.24, 2.45) is 0 Å². The van der Waals surface area contributed by atoms with E-state index in [9.17, 15) is 4.79 Å². The van der Waals surface area contributed by atoms with Crippen molar-refractivity contribution in [2.75, 3.05) is 19.8 Å². The van der Waals surface area contributed by atoms with Crippen LogP contribution in [-0.2, 0) is 19.0 Å². The molecule has 0 radical (unpaired) electrons. The predicted molar refractivity (Wildman–Crippen MR) is 51.0 cm³/mol. The van der Waals surface area contributed by atoms with Gasteiger partial charge in [-0.05, 0) is 26.7 Å². The molecule has 1 unspecified atom stereocenters. The molecule has 1 rings (SSSR count). The molecule has 0 bridgehead atoms. The fourth-order valence-electron chi connectivity index (χ4n) is 1.42. The fourth-order valence-corrected chi connectivity index (χ4v) is 1.42. The Hall–Kier alpha value is -0.610. The van der Waals surface area contributed by atoms with Gasteiger partial charge in [0.15, 0.2) is 6.10 Å². The number of esters is 1. The summed E-state index contributed by atoms with van der Waals surface area (Å²) >= 11 is 0. The van der Waals surface area contributed by atoms with Crippen LogP contribution in [0.15, 0.2) is 0 Å². The Morgan fingerprint density at radius 1 is 1.50 bits per heavy atom. The van der Waals surface area contributed by atoms with Gasteiger partial charge in [-0.2, -0.15) is 0 Å². The third-order valence-electron chi connectivity index (χ3n) is 2.18. The van der Waals surface area contributed by atoms with Crippen LogP contribution in [0.2, 0.25) is 0 Å². The highest BCUT2D eigenvalue weighted by molar-refractivity contribution is 5.74. The third-order valence-corrected chi connectivity index (χ3v) is 2.18. The van der Waals surface area contributed by atoms with Crippen LogP contribution in [0.3, 0.4) is 0 Å². The van der Waals surface area contributed by atoms with Crippen molar-refractivity contribution in [3.63, 3.8) is 0 Å². The van der Waals surface area contributed by atoms with Gasteiger partial charge in [-0.15, -0.1) is 0 Å². The van der Waals surface area contributed by atoms with E-state index in [1.165, 1.54) is 0 Å². The van der Waals surface area contributed by atoms with Gasteiger partial charge >= 0.3 is 5.97 Å². The highest BCUT2D eigenvalue weighted by Gasteiger charge is 2.21. The van der Waals surface area contributed by atoms with E-state index in [1.807, 2.05) is 0 Å². The molecule has 82 valence electrons. The third kappa shape index (κ3) is 3.64. The van der Waals surface area contributed by atoms with E-state index >= 15 is 0 Å². The summed E-state index contributed by atoms with van der Waals surface area (Å²) in [5.41, 5.74) is 0. The maximum atomic E-state index is 11.2. The Morgan fingerprint density at radius 2 is 2.14 bits per heavy atom. The van der Waals surface area contributed by atoms with Gasteiger partial charge in [-0.1, -0.05) is 0 Å². The number of hydrogen-bond acceptors (Lipinski definition) is 4. The molecule has 0 spiro atoms. The van der Waals surface area contributed by atoms with Gasteiger partial charge in [0.2, 0.25) is 0 Å². The summed E-state index contributed by atoms with van der Waals surface area (Å²) in [6.45, 7) is 5.37. The molecule has 1 saturated heterocycles. The van der Waals surface area contributed by atoms with E-state index in [0.29, 0.717) is 6.61 Å². The molecule has 1 aliphatic rings. The van der Waals surface area contributed by atoms with Gasteiger partial charge in [-0.3, -0.25) is 0 Å². The SMILES string of the molecule is CCOC(=O)C(C)OC1CCOCC1. The smallest absolute Gasteiger partial charge is 0.334 e. The molecule has 1 aliphatic heterocycles. The minimum absolute atomic E-state index is 0.142. The van der Waals surface area contributed by atoms with Crippen molar-refractivity contribution >= 4 is 5.97 Å². The number of carbonyl (C=O) groups is 1.